The van der Waals surface area contributed by atoms with Gasteiger partial charge in [0.1, 0.15) is 23.9 Å². The molecule has 0 fully saturated rings. The van der Waals surface area contributed by atoms with Gasteiger partial charge in [-0.15, -0.1) is 0 Å². The fourth-order valence-corrected chi connectivity index (χ4v) is 3.99. The molecule has 2 heterocycles. The maximum Gasteiger partial charge on any atom is 0.182 e. The number of hydrogen-bond donors (Lipinski definition) is 1. The molecule has 0 unspecified atom stereocenters. The molecular weight excluding hydrogens is 426 g/mol. The zero-order valence-corrected chi connectivity index (χ0v) is 18.3. The van der Waals surface area contributed by atoms with Gasteiger partial charge >= 0.3 is 0 Å². The van der Waals surface area contributed by atoms with Crippen molar-refractivity contribution in [3.05, 3.63) is 101 Å². The first-order valence-electron chi connectivity index (χ1n) is 10.7. The maximum atomic E-state index is 14.0. The molecule has 0 saturated carbocycles. The van der Waals surface area contributed by atoms with Crippen molar-refractivity contribution in [3.8, 4) is 5.75 Å². The number of nitrogens with zero attached hydrogens (tertiary/aromatic N) is 2. The number of aromatic nitrogens is 2. The Hall–Kier alpha value is -3.58. The van der Waals surface area contributed by atoms with Crippen LogP contribution in [0.3, 0.4) is 0 Å². The maximum absolute atomic E-state index is 14.0. The van der Waals surface area contributed by atoms with E-state index in [1.54, 1.807) is 36.6 Å². The molecule has 0 amide bonds. The summed E-state index contributed by atoms with van der Waals surface area (Å²) >= 11 is 0. The summed E-state index contributed by atoms with van der Waals surface area (Å²) in [5.41, 5.74) is 1.97. The van der Waals surface area contributed by atoms with Crippen LogP contribution in [0.5, 0.6) is 5.75 Å². The Kier molecular flexibility index (Phi) is 6.51. The first-order chi connectivity index (χ1) is 15.9. The lowest BCUT2D eigenvalue weighted by atomic mass is 9.88. The highest BCUT2D eigenvalue weighted by molar-refractivity contribution is 5.97. The van der Waals surface area contributed by atoms with Crippen molar-refractivity contribution < 1.29 is 23.4 Å². The number of rotatable bonds is 8. The molecule has 0 bridgehead atoms. The van der Waals surface area contributed by atoms with E-state index in [9.17, 15) is 18.7 Å². The fourth-order valence-electron chi connectivity index (χ4n) is 3.99. The van der Waals surface area contributed by atoms with E-state index < -0.39 is 17.7 Å². The minimum atomic E-state index is -0.717. The first-order valence-corrected chi connectivity index (χ1v) is 10.7. The predicted octanol–water partition coefficient (Wildman–Crippen LogP) is 5.24. The number of aryl methyl sites for hydroxylation is 1. The molecule has 5 nitrogen and oxygen atoms in total. The third-order valence-corrected chi connectivity index (χ3v) is 5.70. The van der Waals surface area contributed by atoms with Gasteiger partial charge in [0.15, 0.2) is 17.2 Å². The summed E-state index contributed by atoms with van der Waals surface area (Å²) < 4.78 is 35.2. The highest BCUT2D eigenvalue weighted by Crippen LogP contribution is 2.29. The number of ether oxygens (including phenoxy) is 1. The monoisotopic (exact) mass is 450 g/mol. The minimum Gasteiger partial charge on any atom is -0.485 e. The van der Waals surface area contributed by atoms with Crippen molar-refractivity contribution in [2.75, 3.05) is 0 Å². The van der Waals surface area contributed by atoms with E-state index in [0.29, 0.717) is 22.8 Å². The molecule has 1 N–H and O–H groups in total. The van der Waals surface area contributed by atoms with Crippen LogP contribution in [0.15, 0.2) is 66.9 Å². The molecule has 33 heavy (non-hydrogen) atoms. The van der Waals surface area contributed by atoms with Gasteiger partial charge < -0.3 is 9.84 Å². The smallest absolute Gasteiger partial charge is 0.182 e. The van der Waals surface area contributed by atoms with Crippen LogP contribution in [0.25, 0.3) is 5.65 Å². The number of imidazole rings is 1. The Balaban J connectivity index is 1.63. The van der Waals surface area contributed by atoms with Gasteiger partial charge in [0.05, 0.1) is 17.4 Å². The Labute approximate surface area is 190 Å². The van der Waals surface area contributed by atoms with Crippen molar-refractivity contribution in [2.24, 2.45) is 0 Å². The van der Waals surface area contributed by atoms with E-state index in [4.69, 9.17) is 4.74 Å². The summed E-state index contributed by atoms with van der Waals surface area (Å²) in [7, 11) is 0. The molecule has 0 aliphatic heterocycles. The first kappa shape index (κ1) is 22.6. The van der Waals surface area contributed by atoms with Gasteiger partial charge in [0.25, 0.3) is 0 Å². The number of pyridine rings is 1. The predicted molar refractivity (Wildman–Crippen MR) is 120 cm³/mol. The van der Waals surface area contributed by atoms with Gasteiger partial charge in [-0.1, -0.05) is 36.4 Å². The third kappa shape index (κ3) is 4.64. The second kappa shape index (κ2) is 9.50. The fraction of sp³-hybridized carbons (Fsp3) is 0.231. The van der Waals surface area contributed by atoms with Crippen LogP contribution in [0.4, 0.5) is 8.78 Å². The number of carbonyl (C=O) groups excluding carboxylic acids is 1. The molecule has 0 saturated heterocycles. The summed E-state index contributed by atoms with van der Waals surface area (Å²) in [6.07, 6.45) is 1.08. The molecule has 4 rings (SSSR count). The molecule has 7 heteroatoms. The second-order valence-electron chi connectivity index (χ2n) is 7.99. The normalized spacial score (nSPS) is 13.1. The van der Waals surface area contributed by atoms with E-state index >= 15 is 0 Å². The van der Waals surface area contributed by atoms with Gasteiger partial charge in [-0.25, -0.2) is 13.8 Å². The van der Waals surface area contributed by atoms with E-state index in [0.717, 1.165) is 5.56 Å². The molecule has 0 spiro atoms. The minimum absolute atomic E-state index is 0.0990. The topological polar surface area (TPSA) is 63.8 Å². The molecule has 2 aromatic heterocycles. The Morgan fingerprint density at radius 3 is 2.42 bits per heavy atom. The molecule has 0 radical (unpaired) electrons. The van der Waals surface area contributed by atoms with E-state index in [-0.39, 0.29) is 30.3 Å². The van der Waals surface area contributed by atoms with Gasteiger partial charge in [-0.2, -0.15) is 0 Å². The average Bonchev–Trinajstić information content (AvgIpc) is 3.14. The highest BCUT2D eigenvalue weighted by atomic mass is 19.1. The number of halogens is 2. The van der Waals surface area contributed by atoms with Gasteiger partial charge in [0.2, 0.25) is 0 Å². The van der Waals surface area contributed by atoms with E-state index in [1.165, 1.54) is 18.2 Å². The summed E-state index contributed by atoms with van der Waals surface area (Å²) in [4.78, 5) is 17.8. The largest absolute Gasteiger partial charge is 0.485 e. The van der Waals surface area contributed by atoms with E-state index in [1.807, 2.05) is 30.3 Å². The molecule has 0 aliphatic rings. The van der Waals surface area contributed by atoms with Crippen LogP contribution in [-0.4, -0.2) is 26.4 Å². The lowest BCUT2D eigenvalue weighted by Crippen LogP contribution is -2.19. The van der Waals surface area contributed by atoms with Crippen molar-refractivity contribution in [3.63, 3.8) is 0 Å². The van der Waals surface area contributed by atoms with Crippen LogP contribution >= 0.6 is 0 Å². The lowest BCUT2D eigenvalue weighted by molar-refractivity contribution is 0.0915. The number of ketones is 1. The molecule has 4 aromatic rings. The van der Waals surface area contributed by atoms with E-state index in [2.05, 4.69) is 4.98 Å². The molecule has 170 valence electrons. The van der Waals surface area contributed by atoms with Crippen LogP contribution in [0.1, 0.15) is 46.6 Å². The number of fused-ring (bicyclic) bond motifs is 1. The van der Waals surface area contributed by atoms with Gasteiger partial charge in [-0.3, -0.25) is 9.20 Å². The van der Waals surface area contributed by atoms with Gasteiger partial charge in [-0.05, 0) is 43.7 Å². The van der Waals surface area contributed by atoms with Crippen LogP contribution in [0.2, 0.25) is 0 Å². The highest BCUT2D eigenvalue weighted by Gasteiger charge is 2.25. The second-order valence-corrected chi connectivity index (χ2v) is 7.99. The Morgan fingerprint density at radius 2 is 1.76 bits per heavy atom. The van der Waals surface area contributed by atoms with Crippen LogP contribution < -0.4 is 4.74 Å². The molecule has 2 atom stereocenters. The Bertz CT molecular complexity index is 1270. The van der Waals surface area contributed by atoms with Crippen molar-refractivity contribution in [1.82, 2.24) is 9.38 Å². The number of aliphatic hydroxyl groups excluding tert-OH is 1. The summed E-state index contributed by atoms with van der Waals surface area (Å²) in [6, 6.07) is 16.4. The SMILES string of the molecule is Cc1nc2c(OCc3c(F)cccc3F)cccn2c1C(=O)C[C@H](c1ccccc1)[C@H](C)O. The molecule has 2 aromatic carbocycles. The number of Topliss-reactive ketones (excluding diaryl/α,β-unsaturated/α-hetero) is 1. The van der Waals surface area contributed by atoms with Crippen molar-refractivity contribution >= 4 is 11.4 Å². The quantitative estimate of drug-likeness (QED) is 0.373. The Morgan fingerprint density at radius 1 is 1.06 bits per heavy atom. The molecular formula is C26H24F2N2O3. The number of aliphatic hydroxyl groups is 1. The average molecular weight is 450 g/mol. The number of carbonyl (C=O) groups is 1. The van der Waals surface area contributed by atoms with Crippen LogP contribution in [0, 0.1) is 18.6 Å². The lowest BCUT2D eigenvalue weighted by Gasteiger charge is -2.19. The zero-order chi connectivity index (χ0) is 23.5. The van der Waals surface area contributed by atoms with Crippen molar-refractivity contribution in [2.45, 2.75) is 38.9 Å². The van der Waals surface area contributed by atoms with Crippen molar-refractivity contribution in [1.29, 1.82) is 0 Å². The summed E-state index contributed by atoms with van der Waals surface area (Å²) in [5.74, 6) is -1.62. The third-order valence-electron chi connectivity index (χ3n) is 5.70. The standard InChI is InChI=1S/C26H24F2N2O3/c1-16-25(23(32)14-19(17(2)31)18-8-4-3-5-9-18)30-13-7-12-24(26(30)29-16)33-15-20-21(27)10-6-11-22(20)28/h3-13,17,19,31H,14-15H2,1-2H3/t17-,19-/m0/s1. The number of benzene rings is 2. The zero-order valence-electron chi connectivity index (χ0n) is 18.3. The molecule has 0 aliphatic carbocycles. The van der Waals surface area contributed by atoms with Gasteiger partial charge in [0, 0.05) is 18.5 Å². The van der Waals surface area contributed by atoms with Crippen LogP contribution in [-0.2, 0) is 6.61 Å². The summed E-state index contributed by atoms with van der Waals surface area (Å²) in [6.45, 7) is 3.08. The number of hydrogen-bond acceptors (Lipinski definition) is 4. The summed E-state index contributed by atoms with van der Waals surface area (Å²) in [5, 5.41) is 10.3.